The highest BCUT2D eigenvalue weighted by Crippen LogP contribution is 2.40. The summed E-state index contributed by atoms with van der Waals surface area (Å²) in [6, 6.07) is 5.99. The van der Waals surface area contributed by atoms with E-state index in [2.05, 4.69) is 10.0 Å². The molecule has 0 bridgehead atoms. The first-order valence-corrected chi connectivity index (χ1v) is 13.1. The van der Waals surface area contributed by atoms with E-state index in [0.29, 0.717) is 11.7 Å². The zero-order valence-corrected chi connectivity index (χ0v) is 21.3. The molecule has 0 aromatic heterocycles. The Morgan fingerprint density at radius 3 is 2.34 bits per heavy atom. The Balaban J connectivity index is 1.58. The lowest BCUT2D eigenvalue weighted by Crippen LogP contribution is -2.54. The fourth-order valence-corrected chi connectivity index (χ4v) is 5.31. The molecule has 0 saturated heterocycles. The minimum Gasteiger partial charge on any atom is -0.476 e. The first-order chi connectivity index (χ1) is 14.7. The zero-order chi connectivity index (χ0) is 23.9. The van der Waals surface area contributed by atoms with Crippen molar-refractivity contribution in [3.8, 4) is 5.75 Å². The lowest BCUT2D eigenvalue weighted by Gasteiger charge is -2.41. The van der Waals surface area contributed by atoms with Gasteiger partial charge in [-0.1, -0.05) is 0 Å². The van der Waals surface area contributed by atoms with Gasteiger partial charge in [-0.15, -0.1) is 0 Å². The maximum absolute atomic E-state index is 12.8. The van der Waals surface area contributed by atoms with Crippen LogP contribution >= 0.6 is 0 Å². The summed E-state index contributed by atoms with van der Waals surface area (Å²) in [5, 5.41) is 3.51. The smallest absolute Gasteiger partial charge is 0.270 e. The van der Waals surface area contributed by atoms with Crippen molar-refractivity contribution < 1.29 is 17.9 Å². The SMILES string of the molecule is CC(C)N1C(=O)C(C)(C)Oc2cc(NC[C@H]3CC[C@H](NS(=O)(=O)C(C)(C)C)CC3)ccc21. The third-order valence-electron chi connectivity index (χ3n) is 6.40. The highest BCUT2D eigenvalue weighted by Gasteiger charge is 2.42. The summed E-state index contributed by atoms with van der Waals surface area (Å²) in [4.78, 5) is 14.6. The van der Waals surface area contributed by atoms with Gasteiger partial charge in [-0.2, -0.15) is 0 Å². The molecule has 0 unspecified atom stereocenters. The Bertz CT molecular complexity index is 942. The summed E-state index contributed by atoms with van der Waals surface area (Å²) in [5.41, 5.74) is 0.879. The number of rotatable bonds is 6. The van der Waals surface area contributed by atoms with Crippen molar-refractivity contribution >= 4 is 27.3 Å². The fourth-order valence-electron chi connectivity index (χ4n) is 4.28. The molecule has 0 atom stereocenters. The van der Waals surface area contributed by atoms with Gasteiger partial charge in [0.15, 0.2) is 5.60 Å². The molecule has 0 radical (unpaired) electrons. The summed E-state index contributed by atoms with van der Waals surface area (Å²) in [7, 11) is -3.31. The van der Waals surface area contributed by atoms with Crippen molar-refractivity contribution in [1.29, 1.82) is 0 Å². The Labute approximate surface area is 193 Å². The minimum absolute atomic E-state index is 0.0226. The standard InChI is InChI=1S/C24H39N3O4S/c1-16(2)27-20-13-12-19(14-21(20)31-24(6,7)22(27)28)25-15-17-8-10-18(11-9-17)26-32(29,30)23(3,4)5/h12-14,16-18,25-26H,8-11,15H2,1-7H3/t17-,18-. The second-order valence-electron chi connectivity index (χ2n) is 10.9. The van der Waals surface area contributed by atoms with Gasteiger partial charge in [0.25, 0.3) is 5.91 Å². The molecule has 1 amide bonds. The number of hydrogen-bond acceptors (Lipinski definition) is 5. The summed E-state index contributed by atoms with van der Waals surface area (Å²) < 4.78 is 32.9. The highest BCUT2D eigenvalue weighted by atomic mass is 32.2. The second-order valence-corrected chi connectivity index (χ2v) is 13.4. The van der Waals surface area contributed by atoms with Gasteiger partial charge in [-0.25, -0.2) is 13.1 Å². The van der Waals surface area contributed by atoms with E-state index in [-0.39, 0.29) is 18.0 Å². The van der Waals surface area contributed by atoms with Gasteiger partial charge in [0.1, 0.15) is 5.75 Å². The summed E-state index contributed by atoms with van der Waals surface area (Å²) in [5.74, 6) is 1.18. The Morgan fingerprint density at radius 1 is 1.16 bits per heavy atom. The van der Waals surface area contributed by atoms with E-state index in [4.69, 9.17) is 4.74 Å². The number of nitrogens with zero attached hydrogens (tertiary/aromatic N) is 1. The van der Waals surface area contributed by atoms with E-state index in [9.17, 15) is 13.2 Å². The molecule has 2 aliphatic rings. The Hall–Kier alpha value is -1.80. The first kappa shape index (κ1) is 24.8. The third kappa shape index (κ3) is 5.22. The van der Waals surface area contributed by atoms with Gasteiger partial charge in [0.05, 0.1) is 10.4 Å². The number of nitrogens with one attached hydrogen (secondary N) is 2. The van der Waals surface area contributed by atoms with Crippen LogP contribution in [0.5, 0.6) is 5.75 Å². The van der Waals surface area contributed by atoms with Crippen LogP contribution in [0.3, 0.4) is 0 Å². The molecule has 1 fully saturated rings. The van der Waals surface area contributed by atoms with Gasteiger partial charge in [-0.3, -0.25) is 4.79 Å². The monoisotopic (exact) mass is 465 g/mol. The van der Waals surface area contributed by atoms with E-state index < -0.39 is 20.4 Å². The minimum atomic E-state index is -3.31. The molecule has 0 spiro atoms. The summed E-state index contributed by atoms with van der Waals surface area (Å²) in [6.45, 7) is 13.6. The third-order valence-corrected chi connectivity index (χ3v) is 8.66. The molecule has 7 nitrogen and oxygen atoms in total. The van der Waals surface area contributed by atoms with Crippen LogP contribution < -0.4 is 19.7 Å². The summed E-state index contributed by atoms with van der Waals surface area (Å²) >= 11 is 0. The van der Waals surface area contributed by atoms with E-state index in [0.717, 1.165) is 43.6 Å². The number of hydrogen-bond donors (Lipinski definition) is 2. The highest BCUT2D eigenvalue weighted by molar-refractivity contribution is 7.90. The predicted molar refractivity (Wildman–Crippen MR) is 130 cm³/mol. The van der Waals surface area contributed by atoms with Crippen molar-refractivity contribution in [2.45, 2.75) is 96.6 Å². The maximum Gasteiger partial charge on any atom is 0.270 e. The quantitative estimate of drug-likeness (QED) is 0.654. The van der Waals surface area contributed by atoms with Crippen molar-refractivity contribution in [3.05, 3.63) is 18.2 Å². The number of anilines is 2. The van der Waals surface area contributed by atoms with Crippen molar-refractivity contribution in [3.63, 3.8) is 0 Å². The molecule has 1 aliphatic heterocycles. The van der Waals surface area contributed by atoms with Crippen LogP contribution in [0.4, 0.5) is 11.4 Å². The van der Waals surface area contributed by atoms with E-state index in [1.165, 1.54) is 0 Å². The molecule has 32 heavy (non-hydrogen) atoms. The van der Waals surface area contributed by atoms with Crippen LogP contribution in [0.15, 0.2) is 18.2 Å². The number of carbonyl (C=O) groups excluding carboxylic acids is 1. The van der Waals surface area contributed by atoms with Crippen LogP contribution in [-0.4, -0.2) is 43.3 Å². The van der Waals surface area contributed by atoms with Gasteiger partial charge in [0, 0.05) is 30.4 Å². The average molecular weight is 466 g/mol. The van der Waals surface area contributed by atoms with Crippen molar-refractivity contribution in [2.24, 2.45) is 5.92 Å². The first-order valence-electron chi connectivity index (χ1n) is 11.6. The fraction of sp³-hybridized carbons (Fsp3) is 0.708. The number of ether oxygens (including phenoxy) is 1. The molecular weight excluding hydrogens is 426 g/mol. The topological polar surface area (TPSA) is 87.7 Å². The molecular formula is C24H39N3O4S. The van der Waals surface area contributed by atoms with Gasteiger partial charge in [0.2, 0.25) is 10.0 Å². The van der Waals surface area contributed by atoms with Crippen LogP contribution in [-0.2, 0) is 14.8 Å². The van der Waals surface area contributed by atoms with Crippen LogP contribution in [0, 0.1) is 5.92 Å². The summed E-state index contributed by atoms with van der Waals surface area (Å²) in [6.07, 6.45) is 3.67. The number of benzene rings is 1. The van der Waals surface area contributed by atoms with Gasteiger partial charge in [-0.05, 0) is 92.2 Å². The molecule has 1 aromatic rings. The zero-order valence-electron chi connectivity index (χ0n) is 20.5. The van der Waals surface area contributed by atoms with E-state index >= 15 is 0 Å². The lowest BCUT2D eigenvalue weighted by molar-refractivity contribution is -0.133. The number of fused-ring (bicyclic) bond motifs is 1. The van der Waals surface area contributed by atoms with E-state index in [1.54, 1.807) is 34.6 Å². The van der Waals surface area contributed by atoms with Crippen LogP contribution in [0.2, 0.25) is 0 Å². The maximum atomic E-state index is 12.8. The predicted octanol–water partition coefficient (Wildman–Crippen LogP) is 4.29. The van der Waals surface area contributed by atoms with Crippen LogP contribution in [0.25, 0.3) is 0 Å². The number of amides is 1. The molecule has 1 aliphatic carbocycles. The molecule has 3 rings (SSSR count). The average Bonchev–Trinajstić information content (AvgIpc) is 2.66. The molecule has 1 heterocycles. The molecule has 180 valence electrons. The normalized spacial score (nSPS) is 23.6. The molecule has 1 aromatic carbocycles. The Kier molecular flexibility index (Phi) is 6.87. The van der Waals surface area contributed by atoms with Crippen molar-refractivity contribution in [2.75, 3.05) is 16.8 Å². The van der Waals surface area contributed by atoms with Gasteiger partial charge >= 0.3 is 0 Å². The van der Waals surface area contributed by atoms with Gasteiger partial charge < -0.3 is 15.0 Å². The van der Waals surface area contributed by atoms with Crippen molar-refractivity contribution in [1.82, 2.24) is 4.72 Å². The number of sulfonamides is 1. The largest absolute Gasteiger partial charge is 0.476 e. The number of carbonyl (C=O) groups is 1. The second kappa shape index (κ2) is 8.86. The molecule has 1 saturated carbocycles. The molecule has 2 N–H and O–H groups in total. The molecule has 8 heteroatoms. The van der Waals surface area contributed by atoms with E-state index in [1.807, 2.05) is 36.9 Å². The lowest BCUT2D eigenvalue weighted by atomic mass is 9.86. The van der Waals surface area contributed by atoms with Crippen LogP contribution in [0.1, 0.15) is 74.1 Å². The Morgan fingerprint density at radius 2 is 1.78 bits per heavy atom.